The molecule has 1 aliphatic heterocycles. The van der Waals surface area contributed by atoms with E-state index in [4.69, 9.17) is 10.2 Å². The Hall–Kier alpha value is -0.620. The Kier molecular flexibility index (Phi) is 3.88. The fraction of sp³-hybridized carbons (Fsp3) is 0.750. The molecule has 1 heterocycles. The minimum absolute atomic E-state index is 0.0882. The lowest BCUT2D eigenvalue weighted by Gasteiger charge is -2.17. The van der Waals surface area contributed by atoms with E-state index in [-0.39, 0.29) is 18.4 Å². The summed E-state index contributed by atoms with van der Waals surface area (Å²) in [4.78, 5) is 23.0. The molecule has 14 heavy (non-hydrogen) atoms. The highest BCUT2D eigenvalue weighted by atomic mass is 79.9. The number of rotatable bonds is 4. The summed E-state index contributed by atoms with van der Waals surface area (Å²) in [5.41, 5.74) is 0. The molecule has 1 unspecified atom stereocenters. The smallest absolute Gasteiger partial charge is 0.334 e. The third-order valence-electron chi connectivity index (χ3n) is 2.19. The summed E-state index contributed by atoms with van der Waals surface area (Å²) in [5, 5.41) is 18.2. The number of alkyl halides is 1. The number of likely N-dealkylation sites (tertiary alicyclic amines) is 1. The van der Waals surface area contributed by atoms with Gasteiger partial charge in [-0.2, -0.15) is 0 Å². The molecule has 0 saturated carbocycles. The van der Waals surface area contributed by atoms with Gasteiger partial charge in [-0.25, -0.2) is 4.79 Å². The fourth-order valence-corrected chi connectivity index (χ4v) is 1.85. The van der Waals surface area contributed by atoms with Gasteiger partial charge in [0.25, 0.3) is 0 Å². The molecule has 0 aliphatic carbocycles. The first-order valence-electron chi connectivity index (χ1n) is 4.29. The highest BCUT2D eigenvalue weighted by Gasteiger charge is 2.31. The zero-order chi connectivity index (χ0) is 10.7. The van der Waals surface area contributed by atoms with Gasteiger partial charge in [0.1, 0.15) is 0 Å². The molecular weight excluding hydrogens is 254 g/mol. The molecule has 0 spiro atoms. The number of carboxylic acid groups (broad SMARTS) is 1. The van der Waals surface area contributed by atoms with Crippen molar-refractivity contribution in [3.05, 3.63) is 0 Å². The van der Waals surface area contributed by atoms with Gasteiger partial charge in [0.05, 0.1) is 6.54 Å². The summed E-state index contributed by atoms with van der Waals surface area (Å²) in [6.07, 6.45) is -1.05. The van der Waals surface area contributed by atoms with E-state index >= 15 is 0 Å². The van der Waals surface area contributed by atoms with Crippen LogP contribution in [0.2, 0.25) is 0 Å². The van der Waals surface area contributed by atoms with Gasteiger partial charge >= 0.3 is 5.97 Å². The van der Waals surface area contributed by atoms with E-state index in [2.05, 4.69) is 15.9 Å². The minimum Gasteiger partial charge on any atom is -0.479 e. The van der Waals surface area contributed by atoms with Crippen LogP contribution in [0.3, 0.4) is 0 Å². The molecule has 1 amide bonds. The number of halogens is 1. The van der Waals surface area contributed by atoms with Crippen molar-refractivity contribution in [3.63, 3.8) is 0 Å². The van der Waals surface area contributed by atoms with E-state index in [9.17, 15) is 9.59 Å². The molecule has 1 fully saturated rings. The van der Waals surface area contributed by atoms with Crippen molar-refractivity contribution in [3.8, 4) is 0 Å². The van der Waals surface area contributed by atoms with Crippen molar-refractivity contribution in [2.75, 3.05) is 18.4 Å². The normalized spacial score (nSPS) is 24.0. The largest absolute Gasteiger partial charge is 0.479 e. The van der Waals surface area contributed by atoms with Crippen LogP contribution in [0, 0.1) is 5.92 Å². The molecule has 80 valence electrons. The van der Waals surface area contributed by atoms with Crippen LogP contribution in [0.25, 0.3) is 0 Å². The Balaban J connectivity index is 2.46. The number of carboxylic acids is 1. The highest BCUT2D eigenvalue weighted by molar-refractivity contribution is 9.09. The molecule has 1 saturated heterocycles. The third-order valence-corrected chi connectivity index (χ3v) is 3.11. The molecule has 0 radical (unpaired) electrons. The first-order valence-corrected chi connectivity index (χ1v) is 5.41. The number of aliphatic hydroxyl groups is 1. The lowest BCUT2D eigenvalue weighted by molar-refractivity contribution is -0.148. The quantitative estimate of drug-likeness (QED) is 0.683. The summed E-state index contributed by atoms with van der Waals surface area (Å²) in [6.45, 7) is 0.409. The molecule has 2 N–H and O–H groups in total. The van der Waals surface area contributed by atoms with Crippen LogP contribution in [-0.4, -0.2) is 51.5 Å². The Morgan fingerprint density at radius 1 is 1.71 bits per heavy atom. The van der Waals surface area contributed by atoms with Crippen LogP contribution in [0.4, 0.5) is 0 Å². The first-order chi connectivity index (χ1) is 6.54. The van der Waals surface area contributed by atoms with Gasteiger partial charge in [0.2, 0.25) is 5.91 Å². The van der Waals surface area contributed by atoms with Crippen LogP contribution in [0.15, 0.2) is 0 Å². The van der Waals surface area contributed by atoms with E-state index in [0.29, 0.717) is 13.0 Å². The maximum Gasteiger partial charge on any atom is 0.334 e. The van der Waals surface area contributed by atoms with E-state index in [1.54, 1.807) is 0 Å². The standard InChI is InChI=1S/C8H12BrNO4/c9-2-5-1-7(12)10(3-5)4-6(11)8(13)14/h5-6,11H,1-4H2,(H,13,14)/t5?,6-/m0/s1. The molecule has 1 aliphatic rings. The summed E-state index contributed by atoms with van der Waals surface area (Å²) >= 11 is 3.27. The van der Waals surface area contributed by atoms with Crippen LogP contribution < -0.4 is 0 Å². The van der Waals surface area contributed by atoms with Crippen molar-refractivity contribution in [1.82, 2.24) is 4.90 Å². The summed E-state index contributed by atoms with van der Waals surface area (Å²) in [7, 11) is 0. The van der Waals surface area contributed by atoms with Gasteiger partial charge in [-0.05, 0) is 5.92 Å². The predicted molar refractivity (Wildman–Crippen MR) is 52.1 cm³/mol. The molecule has 0 aromatic carbocycles. The Morgan fingerprint density at radius 2 is 2.36 bits per heavy atom. The lowest BCUT2D eigenvalue weighted by Crippen LogP contribution is -2.37. The second kappa shape index (κ2) is 4.75. The third kappa shape index (κ3) is 2.68. The second-order valence-electron chi connectivity index (χ2n) is 3.38. The molecule has 0 aromatic rings. The van der Waals surface area contributed by atoms with Gasteiger partial charge in [-0.3, -0.25) is 4.79 Å². The number of nitrogens with zero attached hydrogens (tertiary/aromatic N) is 1. The first kappa shape index (κ1) is 11.5. The van der Waals surface area contributed by atoms with Crippen LogP contribution in [0.5, 0.6) is 0 Å². The van der Waals surface area contributed by atoms with Crippen molar-refractivity contribution in [1.29, 1.82) is 0 Å². The highest BCUT2D eigenvalue weighted by Crippen LogP contribution is 2.19. The molecular formula is C8H12BrNO4. The van der Waals surface area contributed by atoms with Gasteiger partial charge in [0.15, 0.2) is 6.10 Å². The zero-order valence-electron chi connectivity index (χ0n) is 7.52. The van der Waals surface area contributed by atoms with Gasteiger partial charge in [-0.15, -0.1) is 0 Å². The summed E-state index contributed by atoms with van der Waals surface area (Å²) in [6, 6.07) is 0. The number of carbonyl (C=O) groups excluding carboxylic acids is 1. The Morgan fingerprint density at radius 3 is 2.79 bits per heavy atom. The summed E-state index contributed by atoms with van der Waals surface area (Å²) < 4.78 is 0. The number of aliphatic carboxylic acids is 1. The maximum atomic E-state index is 11.3. The van der Waals surface area contributed by atoms with Crippen LogP contribution >= 0.6 is 15.9 Å². The van der Waals surface area contributed by atoms with Crippen molar-refractivity contribution >= 4 is 27.8 Å². The van der Waals surface area contributed by atoms with E-state index in [0.717, 1.165) is 5.33 Å². The fourth-order valence-electron chi connectivity index (χ4n) is 1.42. The second-order valence-corrected chi connectivity index (χ2v) is 4.02. The van der Waals surface area contributed by atoms with Crippen LogP contribution in [-0.2, 0) is 9.59 Å². The molecule has 1 rings (SSSR count). The van der Waals surface area contributed by atoms with Crippen molar-refractivity contribution < 1.29 is 19.8 Å². The topological polar surface area (TPSA) is 77.8 Å². The number of hydrogen-bond acceptors (Lipinski definition) is 3. The monoisotopic (exact) mass is 265 g/mol. The Labute approximate surface area is 89.8 Å². The van der Waals surface area contributed by atoms with E-state index in [1.165, 1.54) is 4.90 Å². The zero-order valence-corrected chi connectivity index (χ0v) is 9.11. The minimum atomic E-state index is -1.48. The summed E-state index contributed by atoms with van der Waals surface area (Å²) in [5.74, 6) is -1.15. The average Bonchev–Trinajstić information content (AvgIpc) is 2.47. The van der Waals surface area contributed by atoms with Gasteiger partial charge in [-0.1, -0.05) is 15.9 Å². The lowest BCUT2D eigenvalue weighted by atomic mass is 10.2. The van der Waals surface area contributed by atoms with Gasteiger partial charge in [0, 0.05) is 18.3 Å². The molecule has 6 heteroatoms. The average molecular weight is 266 g/mol. The SMILES string of the molecule is O=C(O)[C@@H](O)CN1CC(CBr)CC1=O. The van der Waals surface area contributed by atoms with Crippen molar-refractivity contribution in [2.45, 2.75) is 12.5 Å². The van der Waals surface area contributed by atoms with E-state index < -0.39 is 12.1 Å². The number of amides is 1. The number of hydrogen-bond donors (Lipinski definition) is 2. The van der Waals surface area contributed by atoms with Gasteiger partial charge < -0.3 is 15.1 Å². The number of carbonyl (C=O) groups is 2. The molecule has 5 nitrogen and oxygen atoms in total. The number of aliphatic hydroxyl groups excluding tert-OH is 1. The maximum absolute atomic E-state index is 11.3. The number of β-amino-alcohol motifs (C(OH)–C–C–N with tert-alkyl or cyclic N) is 1. The van der Waals surface area contributed by atoms with Crippen LogP contribution in [0.1, 0.15) is 6.42 Å². The molecule has 0 aromatic heterocycles. The predicted octanol–water partition coefficient (Wildman–Crippen LogP) is -0.325. The molecule has 0 bridgehead atoms. The Bertz CT molecular complexity index is 245. The van der Waals surface area contributed by atoms with Crippen molar-refractivity contribution in [2.24, 2.45) is 5.92 Å². The molecule has 2 atom stereocenters. The van der Waals surface area contributed by atoms with E-state index in [1.807, 2.05) is 0 Å².